The summed E-state index contributed by atoms with van der Waals surface area (Å²) in [5.74, 6) is 0.891. The van der Waals surface area contributed by atoms with E-state index in [1.54, 1.807) is 6.20 Å². The smallest absolute Gasteiger partial charge is 0.230 e. The second-order valence-electron chi connectivity index (χ2n) is 7.09. The van der Waals surface area contributed by atoms with E-state index in [4.69, 9.17) is 0 Å². The van der Waals surface area contributed by atoms with Crippen LogP contribution in [0, 0.1) is 0 Å². The van der Waals surface area contributed by atoms with Gasteiger partial charge in [0, 0.05) is 37.8 Å². The number of benzene rings is 1. The number of aromatic nitrogens is 2. The first-order chi connectivity index (χ1) is 14.7. The Balaban J connectivity index is 1.25. The fourth-order valence-electron chi connectivity index (χ4n) is 3.38. The molecule has 7 nitrogen and oxygen atoms in total. The Hall–Kier alpha value is -3.26. The summed E-state index contributed by atoms with van der Waals surface area (Å²) in [5, 5.41) is 5.18. The van der Waals surface area contributed by atoms with Crippen LogP contribution in [0.3, 0.4) is 0 Å². The van der Waals surface area contributed by atoms with Gasteiger partial charge >= 0.3 is 0 Å². The lowest BCUT2D eigenvalue weighted by Gasteiger charge is -2.35. The molecular weight excluding hydrogens is 398 g/mol. The average molecular weight is 422 g/mol. The zero-order valence-electron chi connectivity index (χ0n) is 16.5. The van der Waals surface area contributed by atoms with E-state index in [-0.39, 0.29) is 18.2 Å². The van der Waals surface area contributed by atoms with Gasteiger partial charge in [0.05, 0.1) is 18.5 Å². The van der Waals surface area contributed by atoms with Gasteiger partial charge < -0.3 is 15.1 Å². The van der Waals surface area contributed by atoms with Crippen LogP contribution < -0.4 is 10.2 Å². The zero-order chi connectivity index (χ0) is 20.8. The van der Waals surface area contributed by atoms with Crippen molar-refractivity contribution in [2.75, 3.05) is 36.4 Å². The minimum atomic E-state index is -0.112. The van der Waals surface area contributed by atoms with Crippen molar-refractivity contribution in [1.82, 2.24) is 14.9 Å². The third kappa shape index (κ3) is 5.21. The van der Waals surface area contributed by atoms with Crippen LogP contribution in [-0.2, 0) is 22.4 Å². The molecule has 1 fully saturated rings. The second kappa shape index (κ2) is 9.49. The number of anilines is 2. The topological polar surface area (TPSA) is 78.4 Å². The molecule has 0 unspecified atom stereocenters. The number of piperazine rings is 1. The molecule has 1 aliphatic rings. The van der Waals surface area contributed by atoms with Crippen LogP contribution in [0.2, 0.25) is 0 Å². The maximum atomic E-state index is 12.7. The highest BCUT2D eigenvalue weighted by Gasteiger charge is 2.22. The summed E-state index contributed by atoms with van der Waals surface area (Å²) >= 11 is 1.34. The van der Waals surface area contributed by atoms with Crippen molar-refractivity contribution in [2.45, 2.75) is 12.8 Å². The first kappa shape index (κ1) is 20.0. The minimum absolute atomic E-state index is 0.0585. The van der Waals surface area contributed by atoms with Gasteiger partial charge in [-0.25, -0.2) is 9.97 Å². The maximum Gasteiger partial charge on any atom is 0.230 e. The molecule has 154 valence electrons. The Kier molecular flexibility index (Phi) is 6.34. The molecule has 3 aromatic rings. The highest BCUT2D eigenvalue weighted by Crippen LogP contribution is 2.18. The van der Waals surface area contributed by atoms with E-state index in [1.807, 2.05) is 58.8 Å². The normalized spacial score (nSPS) is 13.9. The average Bonchev–Trinajstić information content (AvgIpc) is 3.21. The Labute approximate surface area is 179 Å². The van der Waals surface area contributed by atoms with Crippen molar-refractivity contribution in [3.05, 3.63) is 71.4 Å². The van der Waals surface area contributed by atoms with E-state index >= 15 is 0 Å². The molecule has 0 saturated carbocycles. The second-order valence-corrected chi connectivity index (χ2v) is 7.95. The van der Waals surface area contributed by atoms with Crippen molar-refractivity contribution in [3.63, 3.8) is 0 Å². The van der Waals surface area contributed by atoms with Crippen molar-refractivity contribution < 1.29 is 9.59 Å². The number of rotatable bonds is 6. The quantitative estimate of drug-likeness (QED) is 0.662. The molecule has 2 aromatic heterocycles. The van der Waals surface area contributed by atoms with Crippen LogP contribution in [0.4, 0.5) is 10.9 Å². The molecule has 0 atom stereocenters. The van der Waals surface area contributed by atoms with Gasteiger partial charge in [0.2, 0.25) is 11.8 Å². The molecule has 2 amide bonds. The molecule has 3 heterocycles. The Morgan fingerprint density at radius 1 is 0.967 bits per heavy atom. The highest BCUT2D eigenvalue weighted by molar-refractivity contribution is 7.13. The summed E-state index contributed by atoms with van der Waals surface area (Å²) in [5.41, 5.74) is 1.64. The number of nitrogens with one attached hydrogen (secondary N) is 1. The Bertz CT molecular complexity index is 985. The summed E-state index contributed by atoms with van der Waals surface area (Å²) in [4.78, 5) is 37.7. The lowest BCUT2D eigenvalue weighted by Crippen LogP contribution is -2.49. The molecule has 0 spiro atoms. The minimum Gasteiger partial charge on any atom is -0.353 e. The van der Waals surface area contributed by atoms with Gasteiger partial charge in [-0.1, -0.05) is 36.4 Å². The molecule has 1 aromatic carbocycles. The number of pyridine rings is 1. The van der Waals surface area contributed by atoms with Crippen LogP contribution in [-0.4, -0.2) is 52.9 Å². The number of carbonyl (C=O) groups excluding carboxylic acids is 2. The Morgan fingerprint density at radius 2 is 1.73 bits per heavy atom. The number of hydrogen-bond acceptors (Lipinski definition) is 6. The number of amides is 2. The van der Waals surface area contributed by atoms with E-state index in [0.29, 0.717) is 30.3 Å². The van der Waals surface area contributed by atoms with Gasteiger partial charge in [-0.2, -0.15) is 0 Å². The van der Waals surface area contributed by atoms with Gasteiger partial charge in [0.15, 0.2) is 5.13 Å². The molecule has 0 aliphatic carbocycles. The highest BCUT2D eigenvalue weighted by atomic mass is 32.1. The molecule has 1 aliphatic heterocycles. The van der Waals surface area contributed by atoms with Crippen LogP contribution in [0.5, 0.6) is 0 Å². The molecule has 4 rings (SSSR count). The van der Waals surface area contributed by atoms with Crippen molar-refractivity contribution in [3.8, 4) is 0 Å². The van der Waals surface area contributed by atoms with E-state index in [9.17, 15) is 9.59 Å². The summed E-state index contributed by atoms with van der Waals surface area (Å²) < 4.78 is 0. The summed E-state index contributed by atoms with van der Waals surface area (Å²) in [6.07, 6.45) is 2.33. The first-order valence-corrected chi connectivity index (χ1v) is 10.8. The molecule has 0 bridgehead atoms. The van der Waals surface area contributed by atoms with Gasteiger partial charge in [-0.15, -0.1) is 11.3 Å². The van der Waals surface area contributed by atoms with E-state index in [0.717, 1.165) is 24.5 Å². The lowest BCUT2D eigenvalue weighted by atomic mass is 10.1. The predicted molar refractivity (Wildman–Crippen MR) is 118 cm³/mol. The predicted octanol–water partition coefficient (Wildman–Crippen LogP) is 2.61. The summed E-state index contributed by atoms with van der Waals surface area (Å²) in [7, 11) is 0. The monoisotopic (exact) mass is 421 g/mol. The fraction of sp³-hybridized carbons (Fsp3) is 0.273. The van der Waals surface area contributed by atoms with E-state index < -0.39 is 0 Å². The molecule has 0 radical (unpaired) electrons. The molecule has 8 heteroatoms. The summed E-state index contributed by atoms with van der Waals surface area (Å²) in [6, 6.07) is 15.4. The van der Waals surface area contributed by atoms with Crippen molar-refractivity contribution in [1.29, 1.82) is 0 Å². The van der Waals surface area contributed by atoms with Crippen LogP contribution in [0.1, 0.15) is 11.3 Å². The largest absolute Gasteiger partial charge is 0.353 e. The third-order valence-electron chi connectivity index (χ3n) is 4.94. The number of nitrogens with zero attached hydrogens (tertiary/aromatic N) is 4. The van der Waals surface area contributed by atoms with Gasteiger partial charge in [0.25, 0.3) is 0 Å². The fourth-order valence-corrected chi connectivity index (χ4v) is 4.11. The van der Waals surface area contributed by atoms with E-state index in [1.165, 1.54) is 11.3 Å². The molecule has 1 N–H and O–H groups in total. The maximum absolute atomic E-state index is 12.7. The third-order valence-corrected chi connectivity index (χ3v) is 5.75. The lowest BCUT2D eigenvalue weighted by molar-refractivity contribution is -0.130. The zero-order valence-corrected chi connectivity index (χ0v) is 17.3. The Morgan fingerprint density at radius 3 is 2.47 bits per heavy atom. The number of carbonyl (C=O) groups is 2. The van der Waals surface area contributed by atoms with Crippen LogP contribution >= 0.6 is 11.3 Å². The van der Waals surface area contributed by atoms with Gasteiger partial charge in [-0.3, -0.25) is 9.59 Å². The number of thiazole rings is 1. The first-order valence-electron chi connectivity index (χ1n) is 9.89. The van der Waals surface area contributed by atoms with E-state index in [2.05, 4.69) is 20.2 Å². The van der Waals surface area contributed by atoms with Crippen LogP contribution in [0.25, 0.3) is 0 Å². The molecular formula is C22H23N5O2S. The summed E-state index contributed by atoms with van der Waals surface area (Å²) in [6.45, 7) is 2.86. The van der Waals surface area contributed by atoms with Crippen molar-refractivity contribution in [2.24, 2.45) is 0 Å². The molecule has 1 saturated heterocycles. The van der Waals surface area contributed by atoms with Gasteiger partial charge in [0.1, 0.15) is 5.82 Å². The van der Waals surface area contributed by atoms with Crippen molar-refractivity contribution >= 4 is 34.1 Å². The SMILES string of the molecule is O=C(Cc1ccccc1)Nc1nc(CC(=O)N2CCN(c3ccccn3)CC2)cs1. The molecule has 30 heavy (non-hydrogen) atoms. The standard InChI is InChI=1S/C22H23N5O2S/c28-20(14-17-6-2-1-3-7-17)25-22-24-18(16-30-22)15-21(29)27-12-10-26(11-13-27)19-8-4-5-9-23-19/h1-9,16H,10-15H2,(H,24,25,28). The number of hydrogen-bond donors (Lipinski definition) is 1. The van der Waals surface area contributed by atoms with Crippen LogP contribution in [0.15, 0.2) is 60.1 Å². The van der Waals surface area contributed by atoms with Gasteiger partial charge in [-0.05, 0) is 17.7 Å².